The average Bonchev–Trinajstić information content (AvgIpc) is 2.34. The Morgan fingerprint density at radius 3 is 2.29 bits per heavy atom. The zero-order valence-electron chi connectivity index (χ0n) is 9.24. The molecule has 0 unspecified atom stereocenters. The van der Waals surface area contributed by atoms with E-state index < -0.39 is 0 Å². The third-order valence-corrected chi connectivity index (χ3v) is 3.34. The number of halogens is 2. The second kappa shape index (κ2) is 5.54. The van der Waals surface area contributed by atoms with Crippen molar-refractivity contribution in [2.75, 3.05) is 6.54 Å². The molecule has 2 N–H and O–H groups in total. The molecule has 0 saturated heterocycles. The summed E-state index contributed by atoms with van der Waals surface area (Å²) >= 11 is 12.1. The maximum atomic E-state index is 6.21. The van der Waals surface area contributed by atoms with Gasteiger partial charge in [0.05, 0.1) is 0 Å². The summed E-state index contributed by atoms with van der Waals surface area (Å²) in [5, 5.41) is 1.30. The first-order valence-corrected chi connectivity index (χ1v) is 6.18. The van der Waals surface area contributed by atoms with Gasteiger partial charge in [0.15, 0.2) is 0 Å². The molecule has 0 heterocycles. The Bertz CT molecular complexity index is 497. The van der Waals surface area contributed by atoms with Gasteiger partial charge in [0, 0.05) is 22.5 Å². The molecule has 1 nitrogen and oxygen atoms in total. The fourth-order valence-corrected chi connectivity index (χ4v) is 2.45. The zero-order valence-corrected chi connectivity index (χ0v) is 10.7. The van der Waals surface area contributed by atoms with E-state index in [0.717, 1.165) is 5.56 Å². The lowest BCUT2D eigenvalue weighted by atomic mass is 9.91. The highest BCUT2D eigenvalue weighted by molar-refractivity contribution is 6.35. The van der Waals surface area contributed by atoms with E-state index in [1.54, 1.807) is 6.07 Å². The number of nitrogens with two attached hydrogens (primary N) is 1. The van der Waals surface area contributed by atoms with Gasteiger partial charge in [-0.15, -0.1) is 0 Å². The van der Waals surface area contributed by atoms with Gasteiger partial charge >= 0.3 is 0 Å². The fraction of sp³-hybridized carbons (Fsp3) is 0.143. The SMILES string of the molecule is NC[C@@H](c1ccccc1)c1ccc(Cl)cc1Cl. The van der Waals surface area contributed by atoms with Crippen molar-refractivity contribution in [1.82, 2.24) is 0 Å². The Labute approximate surface area is 111 Å². The summed E-state index contributed by atoms with van der Waals surface area (Å²) < 4.78 is 0. The van der Waals surface area contributed by atoms with Crippen molar-refractivity contribution < 1.29 is 0 Å². The number of benzene rings is 2. The third-order valence-electron chi connectivity index (χ3n) is 2.78. The molecule has 0 saturated carbocycles. The molecule has 2 rings (SSSR count). The van der Waals surface area contributed by atoms with Crippen molar-refractivity contribution in [3.8, 4) is 0 Å². The van der Waals surface area contributed by atoms with Crippen molar-refractivity contribution in [3.63, 3.8) is 0 Å². The van der Waals surface area contributed by atoms with Crippen molar-refractivity contribution in [2.24, 2.45) is 5.73 Å². The lowest BCUT2D eigenvalue weighted by Gasteiger charge is -2.17. The van der Waals surface area contributed by atoms with Gasteiger partial charge in [0.1, 0.15) is 0 Å². The highest BCUT2D eigenvalue weighted by Gasteiger charge is 2.15. The van der Waals surface area contributed by atoms with Crippen LogP contribution in [0.4, 0.5) is 0 Å². The molecule has 0 bridgehead atoms. The van der Waals surface area contributed by atoms with Crippen LogP contribution in [0, 0.1) is 0 Å². The van der Waals surface area contributed by atoms with Crippen LogP contribution in [0.2, 0.25) is 10.0 Å². The normalized spacial score (nSPS) is 12.4. The quantitative estimate of drug-likeness (QED) is 0.889. The lowest BCUT2D eigenvalue weighted by Crippen LogP contribution is -2.14. The van der Waals surface area contributed by atoms with Crippen LogP contribution in [-0.2, 0) is 0 Å². The van der Waals surface area contributed by atoms with Crippen LogP contribution in [0.1, 0.15) is 17.0 Å². The van der Waals surface area contributed by atoms with Crippen LogP contribution in [0.25, 0.3) is 0 Å². The molecular formula is C14H13Cl2N. The molecule has 88 valence electrons. The summed E-state index contributed by atoms with van der Waals surface area (Å²) in [4.78, 5) is 0. The summed E-state index contributed by atoms with van der Waals surface area (Å²) in [5.41, 5.74) is 8.04. The maximum absolute atomic E-state index is 6.21. The molecule has 0 aliphatic rings. The Morgan fingerprint density at radius 1 is 1.00 bits per heavy atom. The van der Waals surface area contributed by atoms with Crippen molar-refractivity contribution in [3.05, 3.63) is 69.7 Å². The fourth-order valence-electron chi connectivity index (χ4n) is 1.91. The minimum atomic E-state index is 0.112. The Morgan fingerprint density at radius 2 is 1.71 bits per heavy atom. The second-order valence-corrected chi connectivity index (χ2v) is 4.71. The highest BCUT2D eigenvalue weighted by Crippen LogP contribution is 2.31. The van der Waals surface area contributed by atoms with E-state index in [-0.39, 0.29) is 5.92 Å². The summed E-state index contributed by atoms with van der Waals surface area (Å²) in [6, 6.07) is 15.6. The van der Waals surface area contributed by atoms with Gasteiger partial charge in [-0.25, -0.2) is 0 Å². The molecule has 17 heavy (non-hydrogen) atoms. The van der Waals surface area contributed by atoms with E-state index in [1.165, 1.54) is 5.56 Å². The lowest BCUT2D eigenvalue weighted by molar-refractivity contribution is 0.819. The predicted octanol–water partition coefficient (Wildman–Crippen LogP) is 4.08. The van der Waals surface area contributed by atoms with E-state index in [0.29, 0.717) is 16.6 Å². The van der Waals surface area contributed by atoms with E-state index in [4.69, 9.17) is 28.9 Å². The number of rotatable bonds is 3. The molecule has 0 spiro atoms. The summed E-state index contributed by atoms with van der Waals surface area (Å²) in [6.07, 6.45) is 0. The van der Waals surface area contributed by atoms with Crippen molar-refractivity contribution in [2.45, 2.75) is 5.92 Å². The van der Waals surface area contributed by atoms with Gasteiger partial charge < -0.3 is 5.73 Å². The van der Waals surface area contributed by atoms with Gasteiger partial charge in [-0.05, 0) is 23.3 Å². The van der Waals surface area contributed by atoms with Gasteiger partial charge in [-0.2, -0.15) is 0 Å². The molecule has 0 aliphatic carbocycles. The van der Waals surface area contributed by atoms with Gasteiger partial charge in [0.2, 0.25) is 0 Å². The molecule has 2 aromatic rings. The van der Waals surface area contributed by atoms with E-state index >= 15 is 0 Å². The van der Waals surface area contributed by atoms with Gasteiger partial charge in [0.25, 0.3) is 0 Å². The topological polar surface area (TPSA) is 26.0 Å². The summed E-state index contributed by atoms with van der Waals surface area (Å²) in [6.45, 7) is 0.519. The standard InChI is InChI=1S/C14H13Cl2N/c15-11-6-7-12(14(16)8-11)13(9-17)10-4-2-1-3-5-10/h1-8,13H,9,17H2/t13-/m0/s1. The van der Waals surface area contributed by atoms with E-state index in [2.05, 4.69) is 12.1 Å². The molecular weight excluding hydrogens is 253 g/mol. The van der Waals surface area contributed by atoms with Crippen LogP contribution >= 0.6 is 23.2 Å². The number of hydrogen-bond acceptors (Lipinski definition) is 1. The van der Waals surface area contributed by atoms with Crippen LogP contribution in [0.15, 0.2) is 48.5 Å². The smallest absolute Gasteiger partial charge is 0.0459 e. The molecule has 0 aliphatic heterocycles. The third kappa shape index (κ3) is 2.81. The van der Waals surface area contributed by atoms with Crippen LogP contribution in [0.3, 0.4) is 0 Å². The second-order valence-electron chi connectivity index (χ2n) is 3.86. The first-order valence-electron chi connectivity index (χ1n) is 5.42. The number of hydrogen-bond donors (Lipinski definition) is 1. The Balaban J connectivity index is 2.42. The first kappa shape index (κ1) is 12.4. The van der Waals surface area contributed by atoms with Crippen LogP contribution in [0.5, 0.6) is 0 Å². The molecule has 0 fully saturated rings. The summed E-state index contributed by atoms with van der Waals surface area (Å²) in [5.74, 6) is 0.112. The zero-order chi connectivity index (χ0) is 12.3. The minimum Gasteiger partial charge on any atom is -0.330 e. The molecule has 0 aromatic heterocycles. The summed E-state index contributed by atoms with van der Waals surface area (Å²) in [7, 11) is 0. The molecule has 0 radical (unpaired) electrons. The molecule has 1 atom stereocenters. The largest absolute Gasteiger partial charge is 0.330 e. The first-order chi connectivity index (χ1) is 8.22. The van der Waals surface area contributed by atoms with Crippen molar-refractivity contribution >= 4 is 23.2 Å². The molecule has 0 amide bonds. The Hall–Kier alpha value is -1.02. The van der Waals surface area contributed by atoms with Crippen LogP contribution < -0.4 is 5.73 Å². The van der Waals surface area contributed by atoms with Gasteiger partial charge in [-0.3, -0.25) is 0 Å². The van der Waals surface area contributed by atoms with E-state index in [1.807, 2.05) is 30.3 Å². The minimum absolute atomic E-state index is 0.112. The monoisotopic (exact) mass is 265 g/mol. The predicted molar refractivity (Wildman–Crippen MR) is 73.8 cm³/mol. The van der Waals surface area contributed by atoms with Crippen molar-refractivity contribution in [1.29, 1.82) is 0 Å². The maximum Gasteiger partial charge on any atom is 0.0459 e. The molecule has 2 aromatic carbocycles. The Kier molecular flexibility index (Phi) is 4.06. The van der Waals surface area contributed by atoms with Gasteiger partial charge in [-0.1, -0.05) is 59.6 Å². The van der Waals surface area contributed by atoms with E-state index in [9.17, 15) is 0 Å². The van der Waals surface area contributed by atoms with Crippen LogP contribution in [-0.4, -0.2) is 6.54 Å². The average molecular weight is 266 g/mol. The highest BCUT2D eigenvalue weighted by atomic mass is 35.5. The molecule has 3 heteroatoms.